The highest BCUT2D eigenvalue weighted by atomic mass is 16.5. The fraction of sp³-hybridized carbons (Fsp3) is 0.250. The third-order valence-electron chi connectivity index (χ3n) is 2.51. The van der Waals surface area contributed by atoms with Crippen LogP contribution in [0, 0.1) is 6.92 Å². The van der Waals surface area contributed by atoms with Crippen molar-refractivity contribution in [3.05, 3.63) is 41.5 Å². The van der Waals surface area contributed by atoms with Gasteiger partial charge in [-0.15, -0.1) is 5.10 Å². The second-order valence-corrected chi connectivity index (χ2v) is 3.79. The molecule has 0 fully saturated rings. The van der Waals surface area contributed by atoms with Gasteiger partial charge in [-0.05, 0) is 13.0 Å². The fourth-order valence-corrected chi connectivity index (χ4v) is 1.63. The average molecular weight is 247 g/mol. The Morgan fingerprint density at radius 1 is 1.50 bits per heavy atom. The van der Waals surface area contributed by atoms with Crippen molar-refractivity contribution >= 4 is 5.97 Å². The van der Waals surface area contributed by atoms with Crippen LogP contribution < -0.4 is 0 Å². The molecule has 1 aromatic heterocycles. The van der Waals surface area contributed by atoms with E-state index in [1.165, 1.54) is 18.1 Å². The zero-order valence-electron chi connectivity index (χ0n) is 10.1. The molecule has 6 nitrogen and oxygen atoms in total. The van der Waals surface area contributed by atoms with Crippen molar-refractivity contribution in [1.82, 2.24) is 14.8 Å². The minimum absolute atomic E-state index is 0.0121. The molecule has 0 atom stereocenters. The molecule has 0 aliphatic heterocycles. The zero-order chi connectivity index (χ0) is 13.1. The SMILES string of the molecule is COC(=O)c1ncn(-c2ccc(C)cc2CO)n1. The zero-order valence-corrected chi connectivity index (χ0v) is 10.1. The number of benzene rings is 1. The van der Waals surface area contributed by atoms with Crippen LogP contribution in [-0.4, -0.2) is 33.0 Å². The molecule has 2 aromatic rings. The maximum atomic E-state index is 11.3. The van der Waals surface area contributed by atoms with Crippen LogP contribution in [0.15, 0.2) is 24.5 Å². The summed E-state index contributed by atoms with van der Waals surface area (Å²) in [6, 6.07) is 5.57. The summed E-state index contributed by atoms with van der Waals surface area (Å²) in [7, 11) is 1.27. The summed E-state index contributed by atoms with van der Waals surface area (Å²) in [5.74, 6) is -0.603. The maximum absolute atomic E-state index is 11.3. The number of esters is 1. The topological polar surface area (TPSA) is 77.2 Å². The molecule has 1 aromatic carbocycles. The van der Waals surface area contributed by atoms with Crippen LogP contribution in [0.25, 0.3) is 5.69 Å². The van der Waals surface area contributed by atoms with Crippen molar-refractivity contribution in [2.75, 3.05) is 7.11 Å². The van der Waals surface area contributed by atoms with Crippen molar-refractivity contribution in [3.63, 3.8) is 0 Å². The molecule has 0 spiro atoms. The van der Waals surface area contributed by atoms with Crippen LogP contribution in [-0.2, 0) is 11.3 Å². The number of aliphatic hydroxyl groups excluding tert-OH is 1. The van der Waals surface area contributed by atoms with Gasteiger partial charge in [-0.2, -0.15) is 0 Å². The van der Waals surface area contributed by atoms with Crippen LogP contribution in [0.3, 0.4) is 0 Å². The van der Waals surface area contributed by atoms with Gasteiger partial charge in [0.05, 0.1) is 19.4 Å². The summed E-state index contributed by atoms with van der Waals surface area (Å²) in [6.07, 6.45) is 1.41. The monoisotopic (exact) mass is 247 g/mol. The molecule has 18 heavy (non-hydrogen) atoms. The van der Waals surface area contributed by atoms with E-state index in [1.807, 2.05) is 25.1 Å². The van der Waals surface area contributed by atoms with Gasteiger partial charge in [-0.25, -0.2) is 14.5 Å². The molecule has 1 heterocycles. The highest BCUT2D eigenvalue weighted by Gasteiger charge is 2.13. The Morgan fingerprint density at radius 3 is 2.94 bits per heavy atom. The number of methoxy groups -OCH3 is 1. The molecule has 0 saturated carbocycles. The van der Waals surface area contributed by atoms with E-state index in [-0.39, 0.29) is 12.4 Å². The largest absolute Gasteiger partial charge is 0.463 e. The number of nitrogens with zero attached hydrogens (tertiary/aromatic N) is 3. The van der Waals surface area contributed by atoms with Crippen LogP contribution in [0.1, 0.15) is 21.7 Å². The van der Waals surface area contributed by atoms with Gasteiger partial charge in [-0.1, -0.05) is 17.7 Å². The Kier molecular flexibility index (Phi) is 3.38. The number of aliphatic hydroxyl groups is 1. The first-order chi connectivity index (χ1) is 8.65. The quantitative estimate of drug-likeness (QED) is 0.814. The number of aryl methyl sites for hydroxylation is 1. The second-order valence-electron chi connectivity index (χ2n) is 3.79. The summed E-state index contributed by atoms with van der Waals surface area (Å²) in [4.78, 5) is 15.1. The lowest BCUT2D eigenvalue weighted by Gasteiger charge is -2.07. The van der Waals surface area contributed by atoms with Gasteiger partial charge in [0.15, 0.2) is 0 Å². The number of rotatable bonds is 3. The Bertz CT molecular complexity index is 578. The number of aromatic nitrogens is 3. The van der Waals surface area contributed by atoms with Crippen molar-refractivity contribution in [1.29, 1.82) is 0 Å². The molecular formula is C12H13N3O3. The Labute approximate surface area is 104 Å². The van der Waals surface area contributed by atoms with Gasteiger partial charge in [0.2, 0.25) is 0 Å². The van der Waals surface area contributed by atoms with Crippen molar-refractivity contribution in [2.24, 2.45) is 0 Å². The molecule has 2 rings (SSSR count). The first-order valence-electron chi connectivity index (χ1n) is 5.36. The molecular weight excluding hydrogens is 234 g/mol. The molecule has 0 amide bonds. The molecule has 0 radical (unpaired) electrons. The molecule has 1 N–H and O–H groups in total. The molecule has 0 saturated heterocycles. The van der Waals surface area contributed by atoms with Gasteiger partial charge >= 0.3 is 5.97 Å². The molecule has 6 heteroatoms. The average Bonchev–Trinajstić information content (AvgIpc) is 2.87. The van der Waals surface area contributed by atoms with E-state index in [0.29, 0.717) is 5.69 Å². The Hall–Kier alpha value is -2.21. The van der Waals surface area contributed by atoms with Gasteiger partial charge in [0.1, 0.15) is 6.33 Å². The standard InChI is InChI=1S/C12H13N3O3/c1-8-3-4-10(9(5-8)6-16)15-7-13-11(14-15)12(17)18-2/h3-5,7,16H,6H2,1-2H3. The van der Waals surface area contributed by atoms with Crippen molar-refractivity contribution < 1.29 is 14.6 Å². The van der Waals surface area contributed by atoms with Gasteiger partial charge in [0.25, 0.3) is 5.82 Å². The summed E-state index contributed by atoms with van der Waals surface area (Å²) >= 11 is 0. The lowest BCUT2D eigenvalue weighted by atomic mass is 10.1. The van der Waals surface area contributed by atoms with Crippen LogP contribution in [0.2, 0.25) is 0 Å². The minimum Gasteiger partial charge on any atom is -0.463 e. The smallest absolute Gasteiger partial charge is 0.377 e. The lowest BCUT2D eigenvalue weighted by Crippen LogP contribution is -2.06. The van der Waals surface area contributed by atoms with Crippen LogP contribution in [0.4, 0.5) is 0 Å². The van der Waals surface area contributed by atoms with E-state index in [9.17, 15) is 9.90 Å². The first kappa shape index (κ1) is 12.3. The summed E-state index contributed by atoms with van der Waals surface area (Å²) in [5, 5.41) is 13.3. The van der Waals surface area contributed by atoms with E-state index >= 15 is 0 Å². The molecule has 0 aliphatic carbocycles. The predicted octanol–water partition coefficient (Wildman–Crippen LogP) is 0.855. The molecule has 94 valence electrons. The van der Waals surface area contributed by atoms with E-state index in [4.69, 9.17) is 0 Å². The first-order valence-corrected chi connectivity index (χ1v) is 5.36. The third kappa shape index (κ3) is 2.23. The predicted molar refractivity (Wildman–Crippen MR) is 63.4 cm³/mol. The van der Waals surface area contributed by atoms with Crippen LogP contribution >= 0.6 is 0 Å². The van der Waals surface area contributed by atoms with Gasteiger partial charge < -0.3 is 9.84 Å². The number of carbonyl (C=O) groups is 1. The molecule has 0 bridgehead atoms. The van der Waals surface area contributed by atoms with E-state index in [2.05, 4.69) is 14.8 Å². The highest BCUT2D eigenvalue weighted by molar-refractivity contribution is 5.84. The Balaban J connectivity index is 2.42. The highest BCUT2D eigenvalue weighted by Crippen LogP contribution is 2.15. The number of hydrogen-bond acceptors (Lipinski definition) is 5. The van der Waals surface area contributed by atoms with E-state index in [0.717, 1.165) is 11.1 Å². The normalized spacial score (nSPS) is 10.4. The van der Waals surface area contributed by atoms with E-state index in [1.54, 1.807) is 0 Å². The number of carbonyl (C=O) groups excluding carboxylic acids is 1. The number of hydrogen-bond donors (Lipinski definition) is 1. The Morgan fingerprint density at radius 2 is 2.28 bits per heavy atom. The van der Waals surface area contributed by atoms with Crippen LogP contribution in [0.5, 0.6) is 0 Å². The summed E-state index contributed by atoms with van der Waals surface area (Å²) in [5.41, 5.74) is 2.44. The van der Waals surface area contributed by atoms with Crippen molar-refractivity contribution in [3.8, 4) is 5.69 Å². The summed E-state index contributed by atoms with van der Waals surface area (Å²) < 4.78 is 5.98. The van der Waals surface area contributed by atoms with Crippen molar-refractivity contribution in [2.45, 2.75) is 13.5 Å². The van der Waals surface area contributed by atoms with E-state index < -0.39 is 5.97 Å². The van der Waals surface area contributed by atoms with Gasteiger partial charge in [-0.3, -0.25) is 0 Å². The fourth-order valence-electron chi connectivity index (χ4n) is 1.63. The summed E-state index contributed by atoms with van der Waals surface area (Å²) in [6.45, 7) is 1.83. The van der Waals surface area contributed by atoms with Gasteiger partial charge in [0, 0.05) is 5.56 Å². The lowest BCUT2D eigenvalue weighted by molar-refractivity contribution is 0.0587. The third-order valence-corrected chi connectivity index (χ3v) is 2.51. The number of ether oxygens (including phenoxy) is 1. The molecule has 0 aliphatic rings. The molecule has 0 unspecified atom stereocenters. The second kappa shape index (κ2) is 4.97. The maximum Gasteiger partial charge on any atom is 0.377 e. The minimum atomic E-state index is -0.591.